The molecule has 1 unspecified atom stereocenters. The summed E-state index contributed by atoms with van der Waals surface area (Å²) in [7, 11) is 0. The molecule has 0 radical (unpaired) electrons. The zero-order chi connectivity index (χ0) is 12.3. The highest BCUT2D eigenvalue weighted by Gasteiger charge is 2.23. The molecule has 0 heterocycles. The maximum atomic E-state index is 13.5. The van der Waals surface area contributed by atoms with Crippen LogP contribution in [0.4, 0.5) is 4.39 Å². The second-order valence-corrected chi connectivity index (χ2v) is 4.05. The van der Waals surface area contributed by atoms with E-state index in [0.717, 1.165) is 0 Å². The molecule has 0 aliphatic carbocycles. The standard InChI is InChI=1S/C11H12BrFO3/c1-3-16-11(15)10(14)7-5-4-6(2)9(13)8(7)12/h4-5,10,14H,3H2,1-2H3. The van der Waals surface area contributed by atoms with Crippen LogP contribution in [0, 0.1) is 12.7 Å². The van der Waals surface area contributed by atoms with E-state index in [9.17, 15) is 14.3 Å². The predicted octanol–water partition coefficient (Wildman–Crippen LogP) is 2.49. The van der Waals surface area contributed by atoms with E-state index in [1.165, 1.54) is 12.1 Å². The highest BCUT2D eigenvalue weighted by Crippen LogP contribution is 2.28. The molecule has 0 saturated heterocycles. The second-order valence-electron chi connectivity index (χ2n) is 3.25. The van der Waals surface area contributed by atoms with Crippen LogP contribution in [0.15, 0.2) is 16.6 Å². The number of ether oxygens (including phenoxy) is 1. The third kappa shape index (κ3) is 2.59. The summed E-state index contributed by atoms with van der Waals surface area (Å²) < 4.78 is 18.2. The number of benzene rings is 1. The van der Waals surface area contributed by atoms with Gasteiger partial charge in [0.25, 0.3) is 0 Å². The minimum absolute atomic E-state index is 0.0908. The van der Waals surface area contributed by atoms with E-state index in [4.69, 9.17) is 0 Å². The summed E-state index contributed by atoms with van der Waals surface area (Å²) in [5.74, 6) is -1.27. The lowest BCUT2D eigenvalue weighted by Crippen LogP contribution is -2.16. The summed E-state index contributed by atoms with van der Waals surface area (Å²) in [5, 5.41) is 9.65. The third-order valence-corrected chi connectivity index (χ3v) is 2.92. The molecule has 0 aliphatic heterocycles. The fourth-order valence-electron chi connectivity index (χ4n) is 1.22. The number of carbonyl (C=O) groups is 1. The molecule has 0 spiro atoms. The van der Waals surface area contributed by atoms with Crippen molar-refractivity contribution in [2.75, 3.05) is 6.61 Å². The van der Waals surface area contributed by atoms with Crippen molar-refractivity contribution in [3.05, 3.63) is 33.5 Å². The van der Waals surface area contributed by atoms with Gasteiger partial charge < -0.3 is 9.84 Å². The van der Waals surface area contributed by atoms with E-state index in [1.54, 1.807) is 13.8 Å². The monoisotopic (exact) mass is 290 g/mol. The molecule has 0 aliphatic rings. The molecular weight excluding hydrogens is 279 g/mol. The van der Waals surface area contributed by atoms with Crippen molar-refractivity contribution in [3.63, 3.8) is 0 Å². The lowest BCUT2D eigenvalue weighted by Gasteiger charge is -2.12. The molecular formula is C11H12BrFO3. The average molecular weight is 291 g/mol. The van der Waals surface area contributed by atoms with Gasteiger partial charge in [0.05, 0.1) is 11.1 Å². The van der Waals surface area contributed by atoms with Crippen LogP contribution in [-0.4, -0.2) is 17.7 Å². The summed E-state index contributed by atoms with van der Waals surface area (Å²) in [6.45, 7) is 3.40. The number of carbonyl (C=O) groups excluding carboxylic acids is 1. The van der Waals surface area contributed by atoms with Gasteiger partial charge in [-0.15, -0.1) is 0 Å². The molecule has 1 aromatic carbocycles. The smallest absolute Gasteiger partial charge is 0.339 e. The molecule has 88 valence electrons. The van der Waals surface area contributed by atoms with Crippen LogP contribution in [0.1, 0.15) is 24.2 Å². The summed E-state index contributed by atoms with van der Waals surface area (Å²) in [5.41, 5.74) is 0.605. The van der Waals surface area contributed by atoms with Gasteiger partial charge in [-0.1, -0.05) is 12.1 Å². The van der Waals surface area contributed by atoms with Crippen LogP contribution >= 0.6 is 15.9 Å². The molecule has 3 nitrogen and oxygen atoms in total. The number of hydrogen-bond donors (Lipinski definition) is 1. The maximum Gasteiger partial charge on any atom is 0.339 e. The molecule has 1 aromatic rings. The Labute approximate surface area is 101 Å². The van der Waals surface area contributed by atoms with E-state index in [2.05, 4.69) is 20.7 Å². The number of aliphatic hydroxyl groups excluding tert-OH is 1. The van der Waals surface area contributed by atoms with Gasteiger partial charge in [-0.05, 0) is 35.3 Å². The summed E-state index contributed by atoms with van der Waals surface area (Å²) in [6.07, 6.45) is -1.47. The van der Waals surface area contributed by atoms with Crippen LogP contribution in [0.2, 0.25) is 0 Å². The van der Waals surface area contributed by atoms with Crippen LogP contribution in [0.5, 0.6) is 0 Å². The van der Waals surface area contributed by atoms with E-state index < -0.39 is 17.9 Å². The van der Waals surface area contributed by atoms with E-state index in [1.807, 2.05) is 0 Å². The molecule has 1 rings (SSSR count). The molecule has 0 saturated carbocycles. The van der Waals surface area contributed by atoms with E-state index >= 15 is 0 Å². The van der Waals surface area contributed by atoms with Crippen molar-refractivity contribution in [1.82, 2.24) is 0 Å². The Bertz CT molecular complexity index is 406. The van der Waals surface area contributed by atoms with Crippen molar-refractivity contribution in [2.45, 2.75) is 20.0 Å². The van der Waals surface area contributed by atoms with Gasteiger partial charge in [-0.3, -0.25) is 0 Å². The highest BCUT2D eigenvalue weighted by molar-refractivity contribution is 9.10. The number of halogens is 2. The summed E-state index contributed by atoms with van der Waals surface area (Å²) >= 11 is 3.01. The lowest BCUT2D eigenvalue weighted by atomic mass is 10.1. The first-order chi connectivity index (χ1) is 7.49. The Morgan fingerprint density at radius 2 is 2.25 bits per heavy atom. The van der Waals surface area contributed by atoms with Crippen molar-refractivity contribution < 1.29 is 19.0 Å². The topological polar surface area (TPSA) is 46.5 Å². The van der Waals surface area contributed by atoms with Crippen LogP contribution in [-0.2, 0) is 9.53 Å². The first kappa shape index (κ1) is 13.1. The van der Waals surface area contributed by atoms with Crippen molar-refractivity contribution >= 4 is 21.9 Å². The maximum absolute atomic E-state index is 13.5. The molecule has 5 heteroatoms. The van der Waals surface area contributed by atoms with Crippen molar-refractivity contribution in [3.8, 4) is 0 Å². The van der Waals surface area contributed by atoms with Crippen molar-refractivity contribution in [1.29, 1.82) is 0 Å². The summed E-state index contributed by atoms with van der Waals surface area (Å²) in [6, 6.07) is 2.99. The van der Waals surface area contributed by atoms with Gasteiger partial charge in [-0.25, -0.2) is 9.18 Å². The third-order valence-electron chi connectivity index (χ3n) is 2.11. The zero-order valence-electron chi connectivity index (χ0n) is 8.96. The summed E-state index contributed by atoms with van der Waals surface area (Å²) in [4.78, 5) is 11.3. The van der Waals surface area contributed by atoms with Crippen molar-refractivity contribution in [2.24, 2.45) is 0 Å². The molecule has 0 bridgehead atoms. The number of esters is 1. The normalized spacial score (nSPS) is 12.3. The predicted molar refractivity (Wildman–Crippen MR) is 60.4 cm³/mol. The SMILES string of the molecule is CCOC(=O)C(O)c1ccc(C)c(F)c1Br. The molecule has 0 aromatic heterocycles. The fraction of sp³-hybridized carbons (Fsp3) is 0.364. The van der Waals surface area contributed by atoms with Gasteiger partial charge in [0, 0.05) is 5.56 Å². The van der Waals surface area contributed by atoms with Gasteiger partial charge in [0.1, 0.15) is 5.82 Å². The van der Waals surface area contributed by atoms with Crippen LogP contribution in [0.3, 0.4) is 0 Å². The number of aliphatic hydroxyl groups is 1. The Hall–Kier alpha value is -0.940. The Kier molecular flexibility index (Phi) is 4.44. The largest absolute Gasteiger partial charge is 0.464 e. The highest BCUT2D eigenvalue weighted by atomic mass is 79.9. The molecule has 0 fully saturated rings. The van der Waals surface area contributed by atoms with E-state index in [-0.39, 0.29) is 16.6 Å². The average Bonchev–Trinajstić information content (AvgIpc) is 2.26. The van der Waals surface area contributed by atoms with E-state index in [0.29, 0.717) is 5.56 Å². The minimum Gasteiger partial charge on any atom is -0.464 e. The van der Waals surface area contributed by atoms with Crippen LogP contribution in [0.25, 0.3) is 0 Å². The molecule has 0 amide bonds. The fourth-order valence-corrected chi connectivity index (χ4v) is 1.88. The molecule has 1 atom stereocenters. The second kappa shape index (κ2) is 5.41. The number of rotatable bonds is 3. The Morgan fingerprint density at radius 3 is 2.81 bits per heavy atom. The molecule has 1 N–H and O–H groups in total. The van der Waals surface area contributed by atoms with Gasteiger partial charge in [0.2, 0.25) is 0 Å². The van der Waals surface area contributed by atoms with Crippen LogP contribution < -0.4 is 0 Å². The van der Waals surface area contributed by atoms with Gasteiger partial charge in [-0.2, -0.15) is 0 Å². The Morgan fingerprint density at radius 1 is 1.62 bits per heavy atom. The number of hydrogen-bond acceptors (Lipinski definition) is 3. The number of aryl methyl sites for hydroxylation is 1. The minimum atomic E-state index is -1.47. The zero-order valence-corrected chi connectivity index (χ0v) is 10.5. The first-order valence-electron chi connectivity index (χ1n) is 4.78. The Balaban J connectivity index is 3.05. The molecule has 16 heavy (non-hydrogen) atoms. The van der Waals surface area contributed by atoms with Gasteiger partial charge >= 0.3 is 5.97 Å². The lowest BCUT2D eigenvalue weighted by molar-refractivity contribution is -0.153. The first-order valence-corrected chi connectivity index (χ1v) is 5.57. The van der Waals surface area contributed by atoms with Gasteiger partial charge in [0.15, 0.2) is 6.10 Å². The quantitative estimate of drug-likeness (QED) is 0.870.